The number of ether oxygens (including phenoxy) is 1. The van der Waals surface area contributed by atoms with E-state index in [0.717, 1.165) is 42.4 Å². The molecule has 1 fully saturated rings. The highest BCUT2D eigenvalue weighted by Gasteiger charge is 2.27. The highest BCUT2D eigenvalue weighted by Crippen LogP contribution is 2.28. The van der Waals surface area contributed by atoms with Crippen molar-refractivity contribution in [2.75, 3.05) is 12.4 Å². The Hall–Kier alpha value is -2.17. The fraction of sp³-hybridized carbons (Fsp3) is 0.438. The maximum Gasteiger partial charge on any atom is 0.308 e. The van der Waals surface area contributed by atoms with Gasteiger partial charge in [0.2, 0.25) is 0 Å². The van der Waals surface area contributed by atoms with Crippen molar-refractivity contribution in [1.29, 1.82) is 0 Å². The van der Waals surface area contributed by atoms with Crippen molar-refractivity contribution in [1.82, 2.24) is 9.97 Å². The maximum atomic E-state index is 11.5. The number of esters is 1. The molecule has 1 aliphatic rings. The lowest BCUT2D eigenvalue weighted by molar-refractivity contribution is -0.146. The van der Waals surface area contributed by atoms with Crippen LogP contribution in [0.1, 0.15) is 25.7 Å². The molecule has 0 unspecified atom stereocenters. The third kappa shape index (κ3) is 2.96. The first-order valence-corrected chi connectivity index (χ1v) is 7.32. The highest BCUT2D eigenvalue weighted by molar-refractivity contribution is 5.88. The molecule has 1 saturated carbocycles. The molecule has 21 heavy (non-hydrogen) atoms. The molecular formula is C16H19N3O2. The fourth-order valence-electron chi connectivity index (χ4n) is 2.95. The third-order valence-corrected chi connectivity index (χ3v) is 4.15. The molecule has 0 amide bonds. The molecule has 2 aromatic rings. The van der Waals surface area contributed by atoms with Gasteiger partial charge >= 0.3 is 5.97 Å². The van der Waals surface area contributed by atoms with Gasteiger partial charge in [-0.05, 0) is 37.8 Å². The summed E-state index contributed by atoms with van der Waals surface area (Å²) < 4.78 is 4.82. The summed E-state index contributed by atoms with van der Waals surface area (Å²) in [6.07, 6.45) is 5.24. The molecule has 0 saturated heterocycles. The summed E-state index contributed by atoms with van der Waals surface area (Å²) in [6, 6.07) is 8.32. The van der Waals surface area contributed by atoms with Gasteiger partial charge in [0.1, 0.15) is 12.1 Å². The number of carbonyl (C=O) groups is 1. The van der Waals surface area contributed by atoms with Crippen LogP contribution in [-0.2, 0) is 9.53 Å². The lowest BCUT2D eigenvalue weighted by atomic mass is 9.86. The zero-order chi connectivity index (χ0) is 14.7. The van der Waals surface area contributed by atoms with Crippen LogP contribution in [0.5, 0.6) is 0 Å². The molecular weight excluding hydrogens is 266 g/mol. The van der Waals surface area contributed by atoms with Crippen LogP contribution in [0.2, 0.25) is 0 Å². The van der Waals surface area contributed by atoms with Crippen LogP contribution in [0.4, 0.5) is 5.82 Å². The standard InChI is InChI=1S/C16H19N3O2/c1-21-16(20)11-6-8-12(9-7-11)19-15-13-4-2-3-5-14(13)17-10-18-15/h2-5,10-12H,6-9H2,1H3,(H,17,18,19). The van der Waals surface area contributed by atoms with Gasteiger partial charge in [0.15, 0.2) is 0 Å². The van der Waals surface area contributed by atoms with Crippen molar-refractivity contribution in [2.24, 2.45) is 5.92 Å². The molecule has 0 spiro atoms. The van der Waals surface area contributed by atoms with Crippen LogP contribution in [0, 0.1) is 5.92 Å². The molecule has 5 nitrogen and oxygen atoms in total. The van der Waals surface area contributed by atoms with Crippen molar-refractivity contribution in [2.45, 2.75) is 31.7 Å². The predicted octanol–water partition coefficient (Wildman–Crippen LogP) is 2.77. The molecule has 0 atom stereocenters. The number of para-hydroxylation sites is 1. The number of hydrogen-bond acceptors (Lipinski definition) is 5. The number of nitrogens with one attached hydrogen (secondary N) is 1. The van der Waals surface area contributed by atoms with Gasteiger partial charge in [-0.15, -0.1) is 0 Å². The summed E-state index contributed by atoms with van der Waals surface area (Å²) in [5, 5.41) is 4.54. The minimum Gasteiger partial charge on any atom is -0.469 e. The normalized spacial score (nSPS) is 22.0. The van der Waals surface area contributed by atoms with Gasteiger partial charge in [-0.1, -0.05) is 12.1 Å². The number of anilines is 1. The lowest BCUT2D eigenvalue weighted by Gasteiger charge is -2.28. The van der Waals surface area contributed by atoms with E-state index < -0.39 is 0 Å². The van der Waals surface area contributed by atoms with E-state index in [-0.39, 0.29) is 11.9 Å². The Labute approximate surface area is 123 Å². The SMILES string of the molecule is COC(=O)C1CCC(Nc2ncnc3ccccc23)CC1. The van der Waals surface area contributed by atoms with E-state index in [4.69, 9.17) is 4.74 Å². The number of methoxy groups -OCH3 is 1. The lowest BCUT2D eigenvalue weighted by Crippen LogP contribution is -2.30. The second-order valence-corrected chi connectivity index (χ2v) is 5.46. The van der Waals surface area contributed by atoms with Gasteiger partial charge in [-0.25, -0.2) is 9.97 Å². The van der Waals surface area contributed by atoms with E-state index in [1.165, 1.54) is 7.11 Å². The van der Waals surface area contributed by atoms with E-state index in [2.05, 4.69) is 15.3 Å². The first-order chi connectivity index (χ1) is 10.3. The van der Waals surface area contributed by atoms with Gasteiger partial charge in [-0.3, -0.25) is 4.79 Å². The maximum absolute atomic E-state index is 11.5. The van der Waals surface area contributed by atoms with E-state index in [1.54, 1.807) is 6.33 Å². The fourth-order valence-corrected chi connectivity index (χ4v) is 2.95. The number of fused-ring (bicyclic) bond motifs is 1. The summed E-state index contributed by atoms with van der Waals surface area (Å²) in [5.74, 6) is 0.846. The first kappa shape index (κ1) is 13.8. The summed E-state index contributed by atoms with van der Waals surface area (Å²) in [7, 11) is 1.46. The van der Waals surface area contributed by atoms with Crippen molar-refractivity contribution < 1.29 is 9.53 Å². The van der Waals surface area contributed by atoms with Crippen LogP contribution in [0.3, 0.4) is 0 Å². The molecule has 1 aromatic carbocycles. The van der Waals surface area contributed by atoms with Gasteiger partial charge in [0, 0.05) is 11.4 Å². The Morgan fingerprint density at radius 1 is 1.19 bits per heavy atom. The summed E-state index contributed by atoms with van der Waals surface area (Å²) in [5.41, 5.74) is 0.943. The second-order valence-electron chi connectivity index (χ2n) is 5.46. The molecule has 0 radical (unpaired) electrons. The molecule has 1 aromatic heterocycles. The Morgan fingerprint density at radius 3 is 2.71 bits per heavy atom. The topological polar surface area (TPSA) is 64.1 Å². The van der Waals surface area contributed by atoms with Crippen molar-refractivity contribution in [3.8, 4) is 0 Å². The van der Waals surface area contributed by atoms with Crippen LogP contribution < -0.4 is 5.32 Å². The minimum atomic E-state index is -0.0825. The second kappa shape index (κ2) is 6.08. The van der Waals surface area contributed by atoms with Crippen LogP contribution in [0.25, 0.3) is 10.9 Å². The van der Waals surface area contributed by atoms with E-state index in [9.17, 15) is 4.79 Å². The van der Waals surface area contributed by atoms with Crippen LogP contribution >= 0.6 is 0 Å². The van der Waals surface area contributed by atoms with Crippen LogP contribution in [-0.4, -0.2) is 29.1 Å². The zero-order valence-corrected chi connectivity index (χ0v) is 12.1. The molecule has 110 valence electrons. The molecule has 1 N–H and O–H groups in total. The Morgan fingerprint density at radius 2 is 1.95 bits per heavy atom. The van der Waals surface area contributed by atoms with E-state index in [1.807, 2.05) is 24.3 Å². The third-order valence-electron chi connectivity index (χ3n) is 4.15. The predicted molar refractivity (Wildman–Crippen MR) is 80.9 cm³/mol. The number of aromatic nitrogens is 2. The smallest absolute Gasteiger partial charge is 0.308 e. The number of hydrogen-bond donors (Lipinski definition) is 1. The number of benzene rings is 1. The quantitative estimate of drug-likeness (QED) is 0.878. The number of nitrogens with zero attached hydrogens (tertiary/aromatic N) is 2. The Bertz CT molecular complexity index is 631. The van der Waals surface area contributed by atoms with Crippen LogP contribution in [0.15, 0.2) is 30.6 Å². The van der Waals surface area contributed by atoms with Crippen molar-refractivity contribution in [3.05, 3.63) is 30.6 Å². The van der Waals surface area contributed by atoms with Crippen molar-refractivity contribution in [3.63, 3.8) is 0 Å². The zero-order valence-electron chi connectivity index (χ0n) is 12.1. The van der Waals surface area contributed by atoms with Gasteiger partial charge in [-0.2, -0.15) is 0 Å². The highest BCUT2D eigenvalue weighted by atomic mass is 16.5. The van der Waals surface area contributed by atoms with Gasteiger partial charge < -0.3 is 10.1 Å². The average Bonchev–Trinajstić information content (AvgIpc) is 2.55. The summed E-state index contributed by atoms with van der Waals surface area (Å²) in [6.45, 7) is 0. The van der Waals surface area contributed by atoms with E-state index >= 15 is 0 Å². The summed E-state index contributed by atoms with van der Waals surface area (Å²) >= 11 is 0. The Balaban J connectivity index is 1.69. The van der Waals surface area contributed by atoms with Gasteiger partial charge in [0.05, 0.1) is 18.5 Å². The molecule has 0 bridgehead atoms. The van der Waals surface area contributed by atoms with Gasteiger partial charge in [0.25, 0.3) is 0 Å². The van der Waals surface area contributed by atoms with Crippen molar-refractivity contribution >= 4 is 22.7 Å². The average molecular weight is 285 g/mol. The molecule has 1 aliphatic carbocycles. The number of carbonyl (C=O) groups excluding carboxylic acids is 1. The minimum absolute atomic E-state index is 0.0511. The molecule has 5 heteroatoms. The largest absolute Gasteiger partial charge is 0.469 e. The summed E-state index contributed by atoms with van der Waals surface area (Å²) in [4.78, 5) is 20.2. The van der Waals surface area contributed by atoms with E-state index in [0.29, 0.717) is 6.04 Å². The monoisotopic (exact) mass is 285 g/mol. The molecule has 3 rings (SSSR count). The molecule has 1 heterocycles. The number of rotatable bonds is 3. The first-order valence-electron chi connectivity index (χ1n) is 7.32. The molecule has 0 aliphatic heterocycles. The Kier molecular flexibility index (Phi) is 3.99.